The second-order valence-corrected chi connectivity index (χ2v) is 7.54. The number of carbonyl (C=O) groups excluding carboxylic acids is 1. The third-order valence-electron chi connectivity index (χ3n) is 4.20. The highest BCUT2D eigenvalue weighted by atomic mass is 32.1. The van der Waals surface area contributed by atoms with Crippen molar-refractivity contribution in [3.63, 3.8) is 0 Å². The number of nitrogens with zero attached hydrogens (tertiary/aromatic N) is 3. The topological polar surface area (TPSA) is 86.5 Å². The summed E-state index contributed by atoms with van der Waals surface area (Å²) in [4.78, 5) is 18.1. The minimum absolute atomic E-state index is 0.159. The lowest BCUT2D eigenvalue weighted by atomic mass is 9.89. The van der Waals surface area contributed by atoms with Crippen LogP contribution in [0.15, 0.2) is 18.2 Å². The lowest BCUT2D eigenvalue weighted by Crippen LogP contribution is -2.25. The van der Waals surface area contributed by atoms with Crippen molar-refractivity contribution in [1.29, 1.82) is 5.26 Å². The molecule has 24 heavy (non-hydrogen) atoms. The molecule has 2 aromatic rings. The second kappa shape index (κ2) is 6.38. The zero-order chi connectivity index (χ0) is 17.3. The molecule has 0 radical (unpaired) electrons. The van der Waals surface area contributed by atoms with Crippen LogP contribution in [0.4, 0.5) is 10.5 Å². The number of aliphatic hydroxyl groups is 1. The van der Waals surface area contributed by atoms with Gasteiger partial charge in [-0.3, -0.25) is 4.90 Å². The molecule has 2 heterocycles. The number of cyclic esters (lactones) is 1. The fourth-order valence-corrected chi connectivity index (χ4v) is 3.80. The van der Waals surface area contributed by atoms with Gasteiger partial charge < -0.3 is 9.84 Å². The van der Waals surface area contributed by atoms with Crippen LogP contribution in [-0.2, 0) is 10.2 Å². The molecule has 7 heteroatoms. The smallest absolute Gasteiger partial charge is 0.414 e. The predicted molar refractivity (Wildman–Crippen MR) is 92.2 cm³/mol. The predicted octanol–water partition coefficient (Wildman–Crippen LogP) is 3.20. The number of rotatable bonds is 5. The summed E-state index contributed by atoms with van der Waals surface area (Å²) in [5.74, 6) is 0. The van der Waals surface area contributed by atoms with E-state index in [-0.39, 0.29) is 12.0 Å². The molecule has 6 nitrogen and oxygen atoms in total. The molecule has 0 spiro atoms. The number of hydrogen-bond donors (Lipinski definition) is 1. The molecule has 1 aliphatic rings. The van der Waals surface area contributed by atoms with Gasteiger partial charge in [0.2, 0.25) is 0 Å². The Kier molecular flexibility index (Phi) is 4.43. The summed E-state index contributed by atoms with van der Waals surface area (Å²) >= 11 is 1.59. The Bertz CT molecular complexity index is 809. The van der Waals surface area contributed by atoms with Crippen molar-refractivity contribution in [3.05, 3.63) is 23.2 Å². The van der Waals surface area contributed by atoms with Gasteiger partial charge in [-0.25, -0.2) is 9.78 Å². The normalized spacial score (nSPS) is 18.0. The number of hydrogen-bond acceptors (Lipinski definition) is 6. The van der Waals surface area contributed by atoms with Crippen LogP contribution in [0.1, 0.15) is 31.7 Å². The maximum Gasteiger partial charge on any atom is 0.414 e. The van der Waals surface area contributed by atoms with Crippen molar-refractivity contribution < 1.29 is 14.6 Å². The van der Waals surface area contributed by atoms with Crippen LogP contribution in [-0.4, -0.2) is 35.4 Å². The molecule has 0 aliphatic carbocycles. The number of anilines is 1. The summed E-state index contributed by atoms with van der Waals surface area (Å²) in [6.07, 6.45) is 0.339. The third-order valence-corrected chi connectivity index (χ3v) is 5.59. The highest BCUT2D eigenvalue weighted by molar-refractivity contribution is 7.18. The van der Waals surface area contributed by atoms with Gasteiger partial charge >= 0.3 is 6.09 Å². The molecule has 0 saturated carbocycles. The fraction of sp³-hybridized carbons (Fsp3) is 0.471. The lowest BCUT2D eigenvalue weighted by Gasteiger charge is -2.19. The Morgan fingerprint density at radius 2 is 2.33 bits per heavy atom. The van der Waals surface area contributed by atoms with Crippen LogP contribution in [0.25, 0.3) is 10.2 Å². The second-order valence-electron chi connectivity index (χ2n) is 6.51. The largest absolute Gasteiger partial charge is 0.441 e. The van der Waals surface area contributed by atoms with Gasteiger partial charge in [0.25, 0.3) is 0 Å². The molecule has 3 rings (SSSR count). The Morgan fingerprint density at radius 1 is 1.54 bits per heavy atom. The highest BCUT2D eigenvalue weighted by Gasteiger charge is 2.32. The van der Waals surface area contributed by atoms with E-state index in [9.17, 15) is 4.79 Å². The third kappa shape index (κ3) is 3.07. The maximum atomic E-state index is 11.9. The molecule has 1 N–H and O–H groups in total. The van der Waals surface area contributed by atoms with Gasteiger partial charge in [-0.05, 0) is 24.6 Å². The van der Waals surface area contributed by atoms with Crippen molar-refractivity contribution in [1.82, 2.24) is 4.98 Å². The average Bonchev–Trinajstić information content (AvgIpc) is 3.15. The van der Waals surface area contributed by atoms with Gasteiger partial charge in [0, 0.05) is 17.5 Å². The minimum atomic E-state index is -0.477. The monoisotopic (exact) mass is 345 g/mol. The number of amides is 1. The van der Waals surface area contributed by atoms with E-state index >= 15 is 0 Å². The summed E-state index contributed by atoms with van der Waals surface area (Å²) < 4.78 is 6.08. The minimum Gasteiger partial charge on any atom is -0.441 e. The Hall–Kier alpha value is -2.17. The van der Waals surface area contributed by atoms with E-state index in [1.807, 2.05) is 18.2 Å². The van der Waals surface area contributed by atoms with E-state index in [4.69, 9.17) is 15.1 Å². The van der Waals surface area contributed by atoms with E-state index in [1.54, 1.807) is 11.3 Å². The Labute approximate surface area is 144 Å². The molecule has 1 unspecified atom stereocenters. The number of ether oxygens (including phenoxy) is 1. The molecular weight excluding hydrogens is 326 g/mol. The maximum absolute atomic E-state index is 11.9. The summed E-state index contributed by atoms with van der Waals surface area (Å²) in [5, 5.41) is 18.9. The van der Waals surface area contributed by atoms with Crippen molar-refractivity contribution in [2.24, 2.45) is 0 Å². The molecule has 1 atom stereocenters. The number of benzene rings is 1. The first-order valence-electron chi connectivity index (χ1n) is 7.81. The van der Waals surface area contributed by atoms with Crippen LogP contribution >= 0.6 is 11.3 Å². The van der Waals surface area contributed by atoms with Gasteiger partial charge in [0.1, 0.15) is 6.10 Å². The Balaban J connectivity index is 1.90. The molecule has 1 aromatic carbocycles. The lowest BCUT2D eigenvalue weighted by molar-refractivity contribution is 0.0963. The van der Waals surface area contributed by atoms with Crippen LogP contribution in [0.3, 0.4) is 0 Å². The van der Waals surface area contributed by atoms with E-state index in [0.29, 0.717) is 13.0 Å². The van der Waals surface area contributed by atoms with Crippen LogP contribution < -0.4 is 4.90 Å². The van der Waals surface area contributed by atoms with Crippen LogP contribution in [0.2, 0.25) is 0 Å². The first-order valence-corrected chi connectivity index (χ1v) is 8.63. The number of nitriles is 1. The number of carbonyl (C=O) groups is 1. The number of aromatic nitrogens is 1. The zero-order valence-electron chi connectivity index (χ0n) is 13.7. The number of aliphatic hydroxyl groups excluding tert-OH is 1. The van der Waals surface area contributed by atoms with Gasteiger partial charge in [0.15, 0.2) is 0 Å². The van der Waals surface area contributed by atoms with Crippen molar-refractivity contribution in [2.45, 2.75) is 38.2 Å². The first-order chi connectivity index (χ1) is 11.4. The zero-order valence-corrected chi connectivity index (χ0v) is 14.5. The molecule has 1 aliphatic heterocycles. The van der Waals surface area contributed by atoms with Gasteiger partial charge in [-0.15, -0.1) is 11.3 Å². The highest BCUT2D eigenvalue weighted by Crippen LogP contribution is 2.36. The molecule has 1 aromatic heterocycles. The summed E-state index contributed by atoms with van der Waals surface area (Å²) in [6.45, 7) is 4.35. The van der Waals surface area contributed by atoms with Crippen molar-refractivity contribution in [3.8, 4) is 6.07 Å². The average molecular weight is 345 g/mol. The van der Waals surface area contributed by atoms with E-state index < -0.39 is 12.2 Å². The molecule has 1 fully saturated rings. The van der Waals surface area contributed by atoms with E-state index in [1.165, 1.54) is 4.90 Å². The van der Waals surface area contributed by atoms with Crippen molar-refractivity contribution >= 4 is 33.3 Å². The molecular formula is C17H19N3O3S. The fourth-order valence-electron chi connectivity index (χ4n) is 2.67. The standard InChI is InChI=1S/C17H19N3O3S/c1-17(2,6-3-7-18)15-19-13-5-4-11(8-14(13)24-15)20-9-12(10-21)23-16(20)22/h4-5,8,12,21H,3,6,9-10H2,1-2H3. The molecule has 1 saturated heterocycles. The number of fused-ring (bicyclic) bond motifs is 1. The van der Waals surface area contributed by atoms with E-state index in [2.05, 4.69) is 24.9 Å². The van der Waals surface area contributed by atoms with Crippen LogP contribution in [0, 0.1) is 11.3 Å². The van der Waals surface area contributed by atoms with Gasteiger partial charge in [-0.1, -0.05) is 13.8 Å². The summed E-state index contributed by atoms with van der Waals surface area (Å²) in [5.41, 5.74) is 1.47. The summed E-state index contributed by atoms with van der Waals surface area (Å²) in [7, 11) is 0. The first kappa shape index (κ1) is 16.7. The number of thiazole rings is 1. The van der Waals surface area contributed by atoms with Gasteiger partial charge in [-0.2, -0.15) is 5.26 Å². The molecule has 1 amide bonds. The summed E-state index contributed by atoms with van der Waals surface area (Å²) in [6, 6.07) is 7.85. The molecule has 126 valence electrons. The van der Waals surface area contributed by atoms with Crippen molar-refractivity contribution in [2.75, 3.05) is 18.1 Å². The quantitative estimate of drug-likeness (QED) is 0.899. The van der Waals surface area contributed by atoms with Crippen LogP contribution in [0.5, 0.6) is 0 Å². The van der Waals surface area contributed by atoms with E-state index in [0.717, 1.165) is 27.3 Å². The Morgan fingerprint density at radius 3 is 3.00 bits per heavy atom. The van der Waals surface area contributed by atoms with Gasteiger partial charge in [0.05, 0.1) is 34.4 Å². The molecule has 0 bridgehead atoms. The SMILES string of the molecule is CC(C)(CCC#N)c1nc2ccc(N3CC(CO)OC3=O)cc2s1.